The zero-order valence-electron chi connectivity index (χ0n) is 34.4. The Morgan fingerprint density at radius 1 is 0.609 bits per heavy atom. The summed E-state index contributed by atoms with van der Waals surface area (Å²) < 4.78 is 143. The molecular formula is C43H44BBr2F6IN8O6S2. The highest BCUT2D eigenvalue weighted by Gasteiger charge is 2.52. The van der Waals surface area contributed by atoms with Crippen molar-refractivity contribution in [3.63, 3.8) is 0 Å². The molecule has 370 valence electrons. The van der Waals surface area contributed by atoms with Crippen LogP contribution in [0.15, 0.2) is 141 Å². The molecule has 0 saturated carbocycles. The first-order chi connectivity index (χ1) is 30.7. The molecule has 1 aliphatic rings. The highest BCUT2D eigenvalue weighted by molar-refractivity contribution is 14.1. The zero-order chi connectivity index (χ0) is 48.2. The maximum Gasteiger partial charge on any atom is 0.504 e. The number of fused-ring (bicyclic) bond motifs is 2. The van der Waals surface area contributed by atoms with Crippen LogP contribution in [-0.4, -0.2) is 72.6 Å². The number of aromatic nitrogens is 8. The summed E-state index contributed by atoms with van der Waals surface area (Å²) in [6, 6.07) is 19.5. The van der Waals surface area contributed by atoms with E-state index < -0.39 is 51.0 Å². The number of halogens is 9. The average molecular weight is 1240 g/mol. The van der Waals surface area contributed by atoms with Crippen molar-refractivity contribution in [1.82, 2.24) is 37.5 Å². The van der Waals surface area contributed by atoms with Crippen molar-refractivity contribution in [3.05, 3.63) is 135 Å². The fraction of sp³-hybridized carbons (Fsp3) is 0.256. The van der Waals surface area contributed by atoms with Gasteiger partial charge in [-0.1, -0.05) is 58.7 Å². The van der Waals surface area contributed by atoms with Crippen molar-refractivity contribution in [2.45, 2.75) is 83.6 Å². The summed E-state index contributed by atoms with van der Waals surface area (Å²) in [6.45, 7) is 7.34. The summed E-state index contributed by atoms with van der Waals surface area (Å²) in [5.41, 5.74) is -0.00649. The lowest BCUT2D eigenvalue weighted by Crippen LogP contribution is -2.41. The summed E-state index contributed by atoms with van der Waals surface area (Å²) in [5.74, 6) is 0. The van der Waals surface area contributed by atoms with E-state index in [1.54, 1.807) is 67.0 Å². The number of alkyl halides is 6. The standard InChI is InChI=1S/C17H10BrF3N4O2S.C13H8BrIN2O2S.C10H14BF3N2O2.3CH4/c18-12-6-14-15(11-7-23-25(9-11)17(19,20)21)10-24(16(14)22-8-12)28(26,27)13-4-2-1-3-5-13;14-9-6-11-12(15)8-17(13(11)16-7-9)20(18,19)10-4-2-1-3-5-10;1-8(2)9(3,4)18-11(17-8)7-5-15-16(6-7)10(12,13)14;;;/h1-10H;1-8H;5-6H,1-4H3;3*1H4. The van der Waals surface area contributed by atoms with E-state index in [0.29, 0.717) is 15.5 Å². The van der Waals surface area contributed by atoms with E-state index >= 15 is 0 Å². The van der Waals surface area contributed by atoms with Gasteiger partial charge in [0.1, 0.15) is 0 Å². The molecule has 8 aromatic rings. The van der Waals surface area contributed by atoms with Crippen LogP contribution in [-0.2, 0) is 42.0 Å². The predicted molar refractivity (Wildman–Crippen MR) is 268 cm³/mol. The quantitative estimate of drug-likeness (QED) is 0.0891. The second-order valence-corrected chi connectivity index (χ2v) is 21.8. The van der Waals surface area contributed by atoms with Gasteiger partial charge in [0.2, 0.25) is 0 Å². The Balaban J connectivity index is 0.000000227. The second kappa shape index (κ2) is 21.0. The highest BCUT2D eigenvalue weighted by Crippen LogP contribution is 2.37. The molecule has 9 rings (SSSR count). The Bertz CT molecular complexity index is 3280. The van der Waals surface area contributed by atoms with Crippen LogP contribution >= 0.6 is 54.5 Å². The molecule has 14 nitrogen and oxygen atoms in total. The average Bonchev–Trinajstić information content (AvgIpc) is 4.09. The first-order valence-corrected chi connectivity index (χ1v) is 24.4. The van der Waals surface area contributed by atoms with E-state index in [9.17, 15) is 43.2 Å². The van der Waals surface area contributed by atoms with Gasteiger partial charge < -0.3 is 9.31 Å². The number of hydrogen-bond donors (Lipinski definition) is 0. The summed E-state index contributed by atoms with van der Waals surface area (Å²) >= 11 is 8.71. The lowest BCUT2D eigenvalue weighted by molar-refractivity contribution is -0.213. The number of nitrogens with zero attached hydrogens (tertiary/aromatic N) is 8. The van der Waals surface area contributed by atoms with Crippen LogP contribution < -0.4 is 5.46 Å². The summed E-state index contributed by atoms with van der Waals surface area (Å²) in [4.78, 5) is 8.67. The molecule has 0 bridgehead atoms. The molecule has 0 atom stereocenters. The van der Waals surface area contributed by atoms with Crippen molar-refractivity contribution in [2.75, 3.05) is 0 Å². The minimum absolute atomic E-state index is 0. The van der Waals surface area contributed by atoms with E-state index in [1.807, 2.05) is 33.8 Å². The van der Waals surface area contributed by atoms with Gasteiger partial charge >= 0.3 is 19.7 Å². The fourth-order valence-electron chi connectivity index (χ4n) is 6.26. The van der Waals surface area contributed by atoms with Gasteiger partial charge in [-0.3, -0.25) is 0 Å². The minimum Gasteiger partial charge on any atom is -0.399 e. The summed E-state index contributed by atoms with van der Waals surface area (Å²) in [5, 5.41) is 7.76. The molecule has 0 radical (unpaired) electrons. The van der Waals surface area contributed by atoms with Gasteiger partial charge in [0.25, 0.3) is 20.0 Å². The van der Waals surface area contributed by atoms with Gasteiger partial charge in [-0.05, 0) is 119 Å². The van der Waals surface area contributed by atoms with E-state index in [4.69, 9.17) is 9.31 Å². The van der Waals surface area contributed by atoms with Gasteiger partial charge in [-0.15, -0.1) is 26.3 Å². The molecule has 6 aromatic heterocycles. The van der Waals surface area contributed by atoms with Crippen molar-refractivity contribution in [2.24, 2.45) is 0 Å². The molecule has 0 unspecified atom stereocenters. The van der Waals surface area contributed by atoms with Gasteiger partial charge in [0.05, 0.1) is 27.2 Å². The Kier molecular flexibility index (Phi) is 17.3. The molecule has 69 heavy (non-hydrogen) atoms. The van der Waals surface area contributed by atoms with Crippen LogP contribution in [0.2, 0.25) is 0 Å². The normalized spacial score (nSPS) is 14.4. The van der Waals surface area contributed by atoms with E-state index in [2.05, 4.69) is 74.6 Å². The van der Waals surface area contributed by atoms with Crippen LogP contribution in [0.25, 0.3) is 33.2 Å². The van der Waals surface area contributed by atoms with Crippen LogP contribution in [0.4, 0.5) is 26.3 Å². The first-order valence-electron chi connectivity index (χ1n) is 18.9. The largest absolute Gasteiger partial charge is 0.504 e. The Hall–Kier alpha value is -4.61. The molecule has 0 aliphatic carbocycles. The Labute approximate surface area is 425 Å². The topological polar surface area (TPSA) is 158 Å². The molecule has 26 heteroatoms. The van der Waals surface area contributed by atoms with E-state index in [1.165, 1.54) is 28.5 Å². The van der Waals surface area contributed by atoms with Crippen LogP contribution in [0.1, 0.15) is 50.0 Å². The van der Waals surface area contributed by atoms with Gasteiger partial charge in [-0.25, -0.2) is 34.7 Å². The van der Waals surface area contributed by atoms with Crippen molar-refractivity contribution in [3.8, 4) is 11.1 Å². The van der Waals surface area contributed by atoms with Crippen LogP contribution in [0.3, 0.4) is 0 Å². The van der Waals surface area contributed by atoms with Crippen molar-refractivity contribution >= 4 is 109 Å². The minimum atomic E-state index is -4.68. The van der Waals surface area contributed by atoms with Gasteiger partial charge in [-0.2, -0.15) is 19.6 Å². The number of hydrogen-bond acceptors (Lipinski definition) is 10. The van der Waals surface area contributed by atoms with E-state index in [0.717, 1.165) is 42.2 Å². The number of rotatable bonds is 6. The lowest BCUT2D eigenvalue weighted by Gasteiger charge is -2.32. The number of pyridine rings is 2. The third-order valence-electron chi connectivity index (χ3n) is 10.2. The fourth-order valence-corrected chi connectivity index (χ4v) is 10.5. The van der Waals surface area contributed by atoms with Crippen molar-refractivity contribution in [1.29, 1.82) is 0 Å². The van der Waals surface area contributed by atoms with Crippen LogP contribution in [0.5, 0.6) is 0 Å². The van der Waals surface area contributed by atoms with Crippen molar-refractivity contribution < 1.29 is 52.5 Å². The molecule has 2 aromatic carbocycles. The summed E-state index contributed by atoms with van der Waals surface area (Å²) in [6.07, 6.45) is 0.470. The molecule has 1 saturated heterocycles. The Morgan fingerprint density at radius 2 is 1.03 bits per heavy atom. The molecule has 0 N–H and O–H groups in total. The molecule has 0 spiro atoms. The number of benzene rings is 2. The SMILES string of the molecule is C.C.C.CC1(C)OB(c2cnn(C(F)(F)F)c2)OC1(C)C.O=S(=O)(c1ccccc1)n1cc(-c2cnn(C(F)(F)F)c2)c2cc(Br)cnc21.O=S(=O)(c1ccccc1)n1cc(I)c2cc(Br)cnc21. The smallest absolute Gasteiger partial charge is 0.399 e. The molecule has 7 heterocycles. The van der Waals surface area contributed by atoms with Gasteiger partial charge in [0, 0.05) is 83.3 Å². The molecule has 1 aliphatic heterocycles. The zero-order valence-corrected chi connectivity index (χ0v) is 41.3. The first kappa shape index (κ1) is 57.0. The lowest BCUT2D eigenvalue weighted by atomic mass is 9.82. The molecule has 0 amide bonds. The third-order valence-corrected chi connectivity index (χ3v) is 15.3. The third kappa shape index (κ3) is 11.8. The predicted octanol–water partition coefficient (Wildman–Crippen LogP) is 11.6. The van der Waals surface area contributed by atoms with Crippen LogP contribution in [0, 0.1) is 3.57 Å². The monoisotopic (exact) mass is 1240 g/mol. The summed E-state index contributed by atoms with van der Waals surface area (Å²) in [7, 11) is -8.45. The molecular weight excluding hydrogens is 1200 g/mol. The molecule has 1 fully saturated rings. The maximum atomic E-state index is 13.1. The van der Waals surface area contributed by atoms with Gasteiger partial charge in [0.15, 0.2) is 11.3 Å². The second-order valence-electron chi connectivity index (χ2n) is 15.2. The van der Waals surface area contributed by atoms with E-state index in [-0.39, 0.29) is 63.7 Å². The Morgan fingerprint density at radius 3 is 1.48 bits per heavy atom. The maximum absolute atomic E-state index is 13.1. The highest BCUT2D eigenvalue weighted by atomic mass is 127.